The maximum atomic E-state index is 11.5. The highest BCUT2D eigenvalue weighted by atomic mass is 35.5. The van der Waals surface area contributed by atoms with Gasteiger partial charge in [-0.3, -0.25) is 4.79 Å². The SMILES string of the molecule is CC(O)(CNC(=O)C=Cc1ccc(Cl)cc1Cl)C(=O)O. The zero-order valence-electron chi connectivity index (χ0n) is 10.6. The van der Waals surface area contributed by atoms with Gasteiger partial charge >= 0.3 is 5.97 Å². The van der Waals surface area contributed by atoms with Gasteiger partial charge in [-0.05, 0) is 30.7 Å². The Labute approximate surface area is 125 Å². The standard InChI is InChI=1S/C13H13Cl2NO4/c1-13(20,12(18)19)7-16-11(17)5-3-8-2-4-9(14)6-10(8)15/h2-6,20H,7H2,1H3,(H,16,17)(H,18,19). The van der Waals surface area contributed by atoms with Crippen LogP contribution in [0.2, 0.25) is 10.0 Å². The monoisotopic (exact) mass is 317 g/mol. The number of hydrogen-bond donors (Lipinski definition) is 3. The van der Waals surface area contributed by atoms with Crippen molar-refractivity contribution < 1.29 is 19.8 Å². The van der Waals surface area contributed by atoms with E-state index in [1.165, 1.54) is 18.2 Å². The van der Waals surface area contributed by atoms with Crippen molar-refractivity contribution in [3.63, 3.8) is 0 Å². The third-order valence-corrected chi connectivity index (χ3v) is 3.01. The van der Waals surface area contributed by atoms with Crippen LogP contribution in [0.1, 0.15) is 12.5 Å². The van der Waals surface area contributed by atoms with Crippen molar-refractivity contribution in [2.75, 3.05) is 6.54 Å². The minimum atomic E-state index is -2.01. The zero-order chi connectivity index (χ0) is 15.3. The van der Waals surface area contributed by atoms with Crippen LogP contribution in [0.4, 0.5) is 0 Å². The first-order valence-electron chi connectivity index (χ1n) is 5.59. The first-order chi connectivity index (χ1) is 9.22. The summed E-state index contributed by atoms with van der Waals surface area (Å²) in [6.45, 7) is 0.690. The van der Waals surface area contributed by atoms with Crippen LogP contribution >= 0.6 is 23.2 Å². The van der Waals surface area contributed by atoms with E-state index in [1.54, 1.807) is 12.1 Å². The van der Waals surface area contributed by atoms with Gasteiger partial charge in [-0.15, -0.1) is 0 Å². The molecule has 1 amide bonds. The summed E-state index contributed by atoms with van der Waals surface area (Å²) in [7, 11) is 0. The molecule has 0 aliphatic carbocycles. The fraction of sp³-hybridized carbons (Fsp3) is 0.231. The third-order valence-electron chi connectivity index (χ3n) is 2.44. The van der Waals surface area contributed by atoms with E-state index >= 15 is 0 Å². The molecule has 0 radical (unpaired) electrons. The summed E-state index contributed by atoms with van der Waals surface area (Å²) in [5, 5.41) is 21.2. The van der Waals surface area contributed by atoms with Crippen LogP contribution in [0.3, 0.4) is 0 Å². The van der Waals surface area contributed by atoms with E-state index in [-0.39, 0.29) is 0 Å². The van der Waals surface area contributed by atoms with Gasteiger partial charge in [0.05, 0.1) is 6.54 Å². The summed E-state index contributed by atoms with van der Waals surface area (Å²) in [5.74, 6) is -1.96. The third kappa shape index (κ3) is 4.85. The number of aliphatic hydroxyl groups is 1. The predicted octanol–water partition coefficient (Wildman–Crippen LogP) is 1.96. The van der Waals surface area contributed by atoms with Gasteiger partial charge in [0.25, 0.3) is 0 Å². The second-order valence-corrected chi connectivity index (χ2v) is 5.14. The molecule has 1 aromatic carbocycles. The number of carboxylic acid groups (broad SMARTS) is 1. The van der Waals surface area contributed by atoms with E-state index < -0.39 is 24.0 Å². The molecule has 3 N–H and O–H groups in total. The molecule has 0 aromatic heterocycles. The molecule has 1 atom stereocenters. The van der Waals surface area contributed by atoms with Crippen LogP contribution in [0.5, 0.6) is 0 Å². The van der Waals surface area contributed by atoms with Gasteiger partial charge in [0.2, 0.25) is 5.91 Å². The molecule has 20 heavy (non-hydrogen) atoms. The molecule has 1 aromatic rings. The lowest BCUT2D eigenvalue weighted by Gasteiger charge is -2.17. The average Bonchev–Trinajstić information content (AvgIpc) is 2.35. The molecule has 0 heterocycles. The van der Waals surface area contributed by atoms with Gasteiger partial charge in [-0.25, -0.2) is 4.79 Å². The Hall–Kier alpha value is -1.56. The Morgan fingerprint density at radius 2 is 2.05 bits per heavy atom. The molecule has 0 fully saturated rings. The molecule has 1 rings (SSSR count). The fourth-order valence-electron chi connectivity index (χ4n) is 1.20. The Morgan fingerprint density at radius 1 is 1.40 bits per heavy atom. The number of aliphatic carboxylic acids is 1. The molecule has 5 nitrogen and oxygen atoms in total. The van der Waals surface area contributed by atoms with Crippen LogP contribution in [0, 0.1) is 0 Å². The number of carbonyl (C=O) groups is 2. The van der Waals surface area contributed by atoms with Crippen molar-refractivity contribution in [3.05, 3.63) is 39.9 Å². The van der Waals surface area contributed by atoms with Gasteiger partial charge in [-0.1, -0.05) is 29.3 Å². The Balaban J connectivity index is 2.62. The predicted molar refractivity (Wildman–Crippen MR) is 76.8 cm³/mol. The molecule has 0 saturated carbocycles. The average molecular weight is 318 g/mol. The molecular weight excluding hydrogens is 305 g/mol. The molecule has 1 unspecified atom stereocenters. The molecule has 0 aliphatic heterocycles. The number of carboxylic acids is 1. The minimum absolute atomic E-state index is 0.388. The van der Waals surface area contributed by atoms with E-state index in [4.69, 9.17) is 28.3 Å². The summed E-state index contributed by atoms with van der Waals surface area (Å²) in [4.78, 5) is 22.1. The number of hydrogen-bond acceptors (Lipinski definition) is 3. The van der Waals surface area contributed by atoms with Gasteiger partial charge in [0, 0.05) is 16.1 Å². The number of halogens is 2. The number of nitrogens with one attached hydrogen (secondary N) is 1. The zero-order valence-corrected chi connectivity index (χ0v) is 12.1. The van der Waals surface area contributed by atoms with Crippen LogP contribution in [0.25, 0.3) is 6.08 Å². The molecule has 108 valence electrons. The van der Waals surface area contributed by atoms with Gasteiger partial charge in [-0.2, -0.15) is 0 Å². The number of benzene rings is 1. The van der Waals surface area contributed by atoms with E-state index in [0.29, 0.717) is 15.6 Å². The summed E-state index contributed by atoms with van der Waals surface area (Å²) >= 11 is 11.7. The Kier molecular flexibility index (Phi) is 5.56. The quantitative estimate of drug-likeness (QED) is 0.724. The van der Waals surface area contributed by atoms with Gasteiger partial charge < -0.3 is 15.5 Å². The minimum Gasteiger partial charge on any atom is -0.479 e. The van der Waals surface area contributed by atoms with Crippen molar-refractivity contribution in [1.82, 2.24) is 5.32 Å². The topological polar surface area (TPSA) is 86.6 Å². The van der Waals surface area contributed by atoms with E-state index in [0.717, 1.165) is 6.92 Å². The summed E-state index contributed by atoms with van der Waals surface area (Å²) in [6, 6.07) is 4.80. The number of amides is 1. The highest BCUT2D eigenvalue weighted by molar-refractivity contribution is 6.35. The van der Waals surface area contributed by atoms with Crippen LogP contribution in [-0.4, -0.2) is 34.2 Å². The highest BCUT2D eigenvalue weighted by Crippen LogP contribution is 2.21. The second-order valence-electron chi connectivity index (χ2n) is 4.30. The first kappa shape index (κ1) is 16.5. The van der Waals surface area contributed by atoms with E-state index in [1.807, 2.05) is 0 Å². The Bertz CT molecular complexity index is 555. The first-order valence-corrected chi connectivity index (χ1v) is 6.35. The van der Waals surface area contributed by atoms with Crippen molar-refractivity contribution in [2.24, 2.45) is 0 Å². The smallest absolute Gasteiger partial charge is 0.337 e. The highest BCUT2D eigenvalue weighted by Gasteiger charge is 2.29. The lowest BCUT2D eigenvalue weighted by Crippen LogP contribution is -2.46. The maximum absolute atomic E-state index is 11.5. The molecule has 7 heteroatoms. The fourth-order valence-corrected chi connectivity index (χ4v) is 1.67. The molecule has 0 saturated heterocycles. The maximum Gasteiger partial charge on any atom is 0.337 e. The molecular formula is C13H13Cl2NO4. The summed E-state index contributed by atoms with van der Waals surface area (Å²) in [5.41, 5.74) is -1.42. The van der Waals surface area contributed by atoms with Crippen molar-refractivity contribution in [2.45, 2.75) is 12.5 Å². The number of rotatable bonds is 5. The Morgan fingerprint density at radius 3 is 2.60 bits per heavy atom. The largest absolute Gasteiger partial charge is 0.479 e. The molecule has 0 bridgehead atoms. The van der Waals surface area contributed by atoms with Gasteiger partial charge in [0.15, 0.2) is 5.60 Å². The van der Waals surface area contributed by atoms with Crippen molar-refractivity contribution in [1.29, 1.82) is 0 Å². The molecule has 0 spiro atoms. The normalized spacial score (nSPS) is 14.0. The lowest BCUT2D eigenvalue weighted by atomic mass is 10.1. The van der Waals surface area contributed by atoms with Crippen molar-refractivity contribution >= 4 is 41.2 Å². The van der Waals surface area contributed by atoms with E-state index in [9.17, 15) is 14.7 Å². The summed E-state index contributed by atoms with van der Waals surface area (Å²) < 4.78 is 0. The van der Waals surface area contributed by atoms with Crippen molar-refractivity contribution in [3.8, 4) is 0 Å². The lowest BCUT2D eigenvalue weighted by molar-refractivity contribution is -0.156. The summed E-state index contributed by atoms with van der Waals surface area (Å²) in [6.07, 6.45) is 2.65. The number of carbonyl (C=O) groups excluding carboxylic acids is 1. The molecule has 0 aliphatic rings. The van der Waals surface area contributed by atoms with Crippen LogP contribution in [-0.2, 0) is 9.59 Å². The van der Waals surface area contributed by atoms with Crippen LogP contribution in [0.15, 0.2) is 24.3 Å². The van der Waals surface area contributed by atoms with Crippen LogP contribution < -0.4 is 5.32 Å². The second kappa shape index (κ2) is 6.74. The van der Waals surface area contributed by atoms with Gasteiger partial charge in [0.1, 0.15) is 0 Å². The van der Waals surface area contributed by atoms with E-state index in [2.05, 4.69) is 5.32 Å².